The zero-order valence-corrected chi connectivity index (χ0v) is 17.0. The van der Waals surface area contributed by atoms with Crippen molar-refractivity contribution in [2.45, 2.75) is 38.4 Å². The van der Waals surface area contributed by atoms with Crippen molar-refractivity contribution in [3.63, 3.8) is 0 Å². The van der Waals surface area contributed by atoms with E-state index in [9.17, 15) is 27.2 Å². The maximum atomic E-state index is 14.2. The molecular weight excluding hydrogens is 436 g/mol. The fraction of sp³-hybridized carbons (Fsp3) is 0.300. The van der Waals surface area contributed by atoms with Gasteiger partial charge in [0.25, 0.3) is 5.56 Å². The smallest absolute Gasteiger partial charge is 0.274 e. The van der Waals surface area contributed by atoms with E-state index >= 15 is 0 Å². The fourth-order valence-electron chi connectivity index (χ4n) is 3.12. The molecule has 0 radical (unpaired) electrons. The van der Waals surface area contributed by atoms with Crippen LogP contribution in [0.5, 0.6) is 0 Å². The lowest BCUT2D eigenvalue weighted by Crippen LogP contribution is -2.32. The Labute approximate surface area is 177 Å². The van der Waals surface area contributed by atoms with Gasteiger partial charge in [-0.3, -0.25) is 14.5 Å². The molecule has 1 aliphatic carbocycles. The van der Waals surface area contributed by atoms with Gasteiger partial charge in [0, 0.05) is 18.2 Å². The zero-order valence-electron chi connectivity index (χ0n) is 16.2. The molecule has 1 fully saturated rings. The first-order valence-corrected chi connectivity index (χ1v) is 10.2. The maximum Gasteiger partial charge on any atom is 0.421 e. The zero-order chi connectivity index (χ0) is 22.3. The number of alkyl halides is 3. The van der Waals surface area contributed by atoms with Crippen LogP contribution >= 0.6 is 11.3 Å². The minimum absolute atomic E-state index is 0.00119. The number of anilines is 2. The second-order valence-electron chi connectivity index (χ2n) is 7.14. The van der Waals surface area contributed by atoms with Crippen molar-refractivity contribution in [1.29, 1.82) is 0 Å². The molecule has 6 nitrogen and oxygen atoms in total. The molecule has 1 aromatic carbocycles. The number of nitrogens with zero attached hydrogens (tertiary/aromatic N) is 4. The molecule has 0 saturated heterocycles. The van der Waals surface area contributed by atoms with Gasteiger partial charge in [0.15, 0.2) is 5.13 Å². The summed E-state index contributed by atoms with van der Waals surface area (Å²) in [5.74, 6) is -1.20. The third-order valence-corrected chi connectivity index (χ3v) is 5.62. The Morgan fingerprint density at radius 2 is 2.00 bits per heavy atom. The Balaban J connectivity index is 1.69. The maximum absolute atomic E-state index is 14.2. The SMILES string of the molecule is CC(=O)N(c1nc(Cn2nc(C3CC3)cc(C(F)(F)F)c2=O)cs1)c1ccccc1F. The number of benzene rings is 1. The van der Waals surface area contributed by atoms with E-state index in [1.165, 1.54) is 30.5 Å². The van der Waals surface area contributed by atoms with Gasteiger partial charge >= 0.3 is 6.18 Å². The van der Waals surface area contributed by atoms with Gasteiger partial charge in [0.1, 0.15) is 11.4 Å². The van der Waals surface area contributed by atoms with Crippen molar-refractivity contribution in [2.75, 3.05) is 4.90 Å². The molecule has 4 rings (SSSR count). The molecule has 1 saturated carbocycles. The third-order valence-electron chi connectivity index (χ3n) is 4.75. The van der Waals surface area contributed by atoms with Crippen LogP contribution in [0.25, 0.3) is 0 Å². The summed E-state index contributed by atoms with van der Waals surface area (Å²) in [7, 11) is 0. The summed E-state index contributed by atoms with van der Waals surface area (Å²) in [4.78, 5) is 29.8. The van der Waals surface area contributed by atoms with Crippen molar-refractivity contribution < 1.29 is 22.4 Å². The average Bonchev–Trinajstić information content (AvgIpc) is 3.44. The van der Waals surface area contributed by atoms with Gasteiger partial charge in [-0.05, 0) is 31.0 Å². The van der Waals surface area contributed by atoms with Crippen molar-refractivity contribution in [2.24, 2.45) is 0 Å². The molecule has 162 valence electrons. The third kappa shape index (κ3) is 4.36. The molecule has 0 N–H and O–H groups in total. The van der Waals surface area contributed by atoms with E-state index in [1.54, 1.807) is 6.07 Å². The monoisotopic (exact) mass is 452 g/mol. The van der Waals surface area contributed by atoms with E-state index in [-0.39, 0.29) is 34.7 Å². The highest BCUT2D eigenvalue weighted by Gasteiger charge is 2.37. The summed E-state index contributed by atoms with van der Waals surface area (Å²) in [5.41, 5.74) is -2.07. The number of hydrogen-bond acceptors (Lipinski definition) is 5. The lowest BCUT2D eigenvalue weighted by atomic mass is 10.2. The van der Waals surface area contributed by atoms with E-state index < -0.39 is 29.0 Å². The van der Waals surface area contributed by atoms with Crippen LogP contribution in [0.15, 0.2) is 40.5 Å². The first kappa shape index (κ1) is 21.2. The lowest BCUT2D eigenvalue weighted by Gasteiger charge is -2.18. The minimum Gasteiger partial charge on any atom is -0.274 e. The number of thiazole rings is 1. The Hall–Kier alpha value is -3.08. The first-order chi connectivity index (χ1) is 14.6. The number of carbonyl (C=O) groups excluding carboxylic acids is 1. The molecule has 1 amide bonds. The van der Waals surface area contributed by atoms with Crippen LogP contribution in [0, 0.1) is 5.82 Å². The summed E-state index contributed by atoms with van der Waals surface area (Å²) in [6.45, 7) is 0.941. The van der Waals surface area contributed by atoms with E-state index in [2.05, 4.69) is 10.1 Å². The Bertz CT molecular complexity index is 1200. The summed E-state index contributed by atoms with van der Waals surface area (Å²) in [5, 5.41) is 5.73. The summed E-state index contributed by atoms with van der Waals surface area (Å²) < 4.78 is 54.9. The van der Waals surface area contributed by atoms with Crippen LogP contribution in [0.2, 0.25) is 0 Å². The normalized spacial score (nSPS) is 14.0. The number of hydrogen-bond donors (Lipinski definition) is 0. The molecule has 1 aliphatic rings. The van der Waals surface area contributed by atoms with E-state index in [0.717, 1.165) is 39.8 Å². The molecule has 0 unspecified atom stereocenters. The van der Waals surface area contributed by atoms with Gasteiger partial charge < -0.3 is 0 Å². The van der Waals surface area contributed by atoms with Gasteiger partial charge in [-0.25, -0.2) is 14.1 Å². The highest BCUT2D eigenvalue weighted by atomic mass is 32.1. The van der Waals surface area contributed by atoms with Crippen LogP contribution in [-0.4, -0.2) is 20.7 Å². The lowest BCUT2D eigenvalue weighted by molar-refractivity contribution is -0.139. The average molecular weight is 452 g/mol. The molecular formula is C20H16F4N4O2S. The molecule has 11 heteroatoms. The summed E-state index contributed by atoms with van der Waals surface area (Å²) in [6, 6.07) is 6.48. The van der Waals surface area contributed by atoms with Gasteiger partial charge in [0.05, 0.1) is 23.6 Å². The fourth-order valence-corrected chi connectivity index (χ4v) is 3.99. The second kappa shape index (κ2) is 7.88. The number of amides is 1. The van der Waals surface area contributed by atoms with Crippen LogP contribution in [0.4, 0.5) is 28.4 Å². The van der Waals surface area contributed by atoms with Gasteiger partial charge in [-0.2, -0.15) is 18.3 Å². The van der Waals surface area contributed by atoms with Gasteiger partial charge in [-0.1, -0.05) is 12.1 Å². The van der Waals surface area contributed by atoms with Crippen molar-refractivity contribution in [3.8, 4) is 0 Å². The molecule has 31 heavy (non-hydrogen) atoms. The van der Waals surface area contributed by atoms with E-state index in [0.29, 0.717) is 0 Å². The molecule has 3 aromatic rings. The largest absolute Gasteiger partial charge is 0.421 e. The Morgan fingerprint density at radius 3 is 2.61 bits per heavy atom. The number of halogens is 4. The number of para-hydroxylation sites is 1. The second-order valence-corrected chi connectivity index (χ2v) is 7.98. The molecule has 0 atom stereocenters. The Morgan fingerprint density at radius 1 is 1.29 bits per heavy atom. The molecule has 2 heterocycles. The quantitative estimate of drug-likeness (QED) is 0.536. The number of rotatable bonds is 5. The molecule has 0 bridgehead atoms. The highest BCUT2D eigenvalue weighted by Crippen LogP contribution is 2.40. The van der Waals surface area contributed by atoms with Crippen LogP contribution in [0.3, 0.4) is 0 Å². The number of aromatic nitrogens is 3. The molecule has 2 aromatic heterocycles. The minimum atomic E-state index is -4.80. The van der Waals surface area contributed by atoms with Crippen LogP contribution < -0.4 is 10.5 Å². The topological polar surface area (TPSA) is 68.1 Å². The van der Waals surface area contributed by atoms with E-state index in [4.69, 9.17) is 0 Å². The predicted molar refractivity (Wildman–Crippen MR) is 106 cm³/mol. The Kier molecular flexibility index (Phi) is 5.38. The van der Waals surface area contributed by atoms with Crippen LogP contribution in [-0.2, 0) is 17.5 Å². The van der Waals surface area contributed by atoms with Crippen molar-refractivity contribution in [1.82, 2.24) is 14.8 Å². The van der Waals surface area contributed by atoms with Crippen molar-refractivity contribution in [3.05, 3.63) is 68.8 Å². The standard InChI is InChI=1S/C20H16F4N4O2S/c1-11(29)28(17-5-3-2-4-15(17)21)19-25-13(10-31-19)9-27-18(30)14(20(22,23)24)8-16(26-27)12-6-7-12/h2-5,8,10,12H,6-7,9H2,1H3. The van der Waals surface area contributed by atoms with Gasteiger partial charge in [-0.15, -0.1) is 11.3 Å². The van der Waals surface area contributed by atoms with E-state index in [1.807, 2.05) is 0 Å². The summed E-state index contributed by atoms with van der Waals surface area (Å²) in [6.07, 6.45) is -3.35. The highest BCUT2D eigenvalue weighted by molar-refractivity contribution is 7.14. The van der Waals surface area contributed by atoms with Crippen LogP contribution in [0.1, 0.15) is 42.6 Å². The van der Waals surface area contributed by atoms with Crippen molar-refractivity contribution >= 4 is 28.1 Å². The number of carbonyl (C=O) groups is 1. The predicted octanol–water partition coefficient (Wildman–Crippen LogP) is 4.47. The molecule has 0 spiro atoms. The first-order valence-electron chi connectivity index (χ1n) is 9.34. The van der Waals surface area contributed by atoms with Gasteiger partial charge in [0.2, 0.25) is 5.91 Å². The summed E-state index contributed by atoms with van der Waals surface area (Å²) >= 11 is 1.01. The molecule has 0 aliphatic heterocycles.